The number of amides is 1. The number of rotatable bonds is 4. The van der Waals surface area contributed by atoms with Gasteiger partial charge in [-0.3, -0.25) is 0 Å². The summed E-state index contributed by atoms with van der Waals surface area (Å²) in [4.78, 5) is 13.4. The molecule has 0 aromatic heterocycles. The van der Waals surface area contributed by atoms with Crippen LogP contribution in [-0.4, -0.2) is 50.5 Å². The largest absolute Gasteiger partial charge is 0.490 e. The maximum Gasteiger partial charge on any atom is 0.410 e. The Kier molecular flexibility index (Phi) is 4.57. The third-order valence-corrected chi connectivity index (χ3v) is 3.66. The van der Waals surface area contributed by atoms with Crippen LogP contribution in [0.15, 0.2) is 18.2 Å². The Morgan fingerprint density at radius 2 is 2.00 bits per heavy atom. The summed E-state index contributed by atoms with van der Waals surface area (Å²) in [6.07, 6.45) is -0.292. The first-order chi connectivity index (χ1) is 10.3. The van der Waals surface area contributed by atoms with Crippen molar-refractivity contribution in [3.8, 4) is 5.75 Å². The molecule has 2 aliphatic rings. The van der Waals surface area contributed by atoms with Crippen molar-refractivity contribution in [1.29, 1.82) is 0 Å². The Balaban J connectivity index is 1.39. The van der Waals surface area contributed by atoms with Gasteiger partial charge in [0.1, 0.15) is 19.0 Å². The molecule has 1 saturated heterocycles. The number of hydrogen-bond donors (Lipinski definition) is 1. The van der Waals surface area contributed by atoms with Crippen molar-refractivity contribution in [2.45, 2.75) is 13.1 Å². The Morgan fingerprint density at radius 3 is 2.86 bits per heavy atom. The molecule has 3 rings (SSSR count). The lowest BCUT2D eigenvalue weighted by atomic mass is 10.1. The smallest absolute Gasteiger partial charge is 0.410 e. The summed E-state index contributed by atoms with van der Waals surface area (Å²) in [6.45, 7) is 4.78. The van der Waals surface area contributed by atoms with Crippen molar-refractivity contribution in [3.05, 3.63) is 29.3 Å². The molecule has 1 aromatic carbocycles. The Hall–Kier alpha value is -1.79. The van der Waals surface area contributed by atoms with Gasteiger partial charge in [0, 0.05) is 26.2 Å². The molecule has 114 valence electrons. The molecular formula is C15H20N2O4. The summed E-state index contributed by atoms with van der Waals surface area (Å²) in [6, 6.07) is 6.07. The quantitative estimate of drug-likeness (QED) is 0.843. The SMILES string of the molecule is O=C(OCCOc1ccc2c(c1)CNC2)N1CCOCC1. The van der Waals surface area contributed by atoms with Gasteiger partial charge in [0.15, 0.2) is 0 Å². The summed E-state index contributed by atoms with van der Waals surface area (Å²) in [5.41, 5.74) is 2.60. The number of carbonyl (C=O) groups excluding carboxylic acids is 1. The summed E-state index contributed by atoms with van der Waals surface area (Å²) >= 11 is 0. The highest BCUT2D eigenvalue weighted by atomic mass is 16.6. The van der Waals surface area contributed by atoms with E-state index in [1.807, 2.05) is 12.1 Å². The lowest BCUT2D eigenvalue weighted by Gasteiger charge is -2.25. The van der Waals surface area contributed by atoms with E-state index in [-0.39, 0.29) is 12.7 Å². The minimum atomic E-state index is -0.292. The third kappa shape index (κ3) is 3.65. The monoisotopic (exact) mass is 292 g/mol. The highest BCUT2D eigenvalue weighted by molar-refractivity contribution is 5.67. The zero-order valence-corrected chi connectivity index (χ0v) is 12.0. The normalized spacial score (nSPS) is 17.4. The van der Waals surface area contributed by atoms with E-state index in [9.17, 15) is 4.79 Å². The van der Waals surface area contributed by atoms with Crippen LogP contribution in [-0.2, 0) is 22.6 Å². The fourth-order valence-electron chi connectivity index (χ4n) is 2.49. The zero-order valence-electron chi connectivity index (χ0n) is 12.0. The van der Waals surface area contributed by atoms with Crippen LogP contribution in [0.2, 0.25) is 0 Å². The summed E-state index contributed by atoms with van der Waals surface area (Å²) < 4.78 is 16.0. The Labute approximate surface area is 124 Å². The molecule has 1 amide bonds. The Morgan fingerprint density at radius 1 is 1.19 bits per heavy atom. The first-order valence-corrected chi connectivity index (χ1v) is 7.28. The highest BCUT2D eigenvalue weighted by Gasteiger charge is 2.17. The highest BCUT2D eigenvalue weighted by Crippen LogP contribution is 2.21. The fraction of sp³-hybridized carbons (Fsp3) is 0.533. The molecule has 0 unspecified atom stereocenters. The lowest BCUT2D eigenvalue weighted by Crippen LogP contribution is -2.41. The molecule has 0 radical (unpaired) electrons. The van der Waals surface area contributed by atoms with Crippen molar-refractivity contribution in [3.63, 3.8) is 0 Å². The minimum Gasteiger partial charge on any atom is -0.490 e. The van der Waals surface area contributed by atoms with Crippen molar-refractivity contribution in [2.24, 2.45) is 0 Å². The van der Waals surface area contributed by atoms with Crippen molar-refractivity contribution in [2.75, 3.05) is 39.5 Å². The van der Waals surface area contributed by atoms with Crippen LogP contribution < -0.4 is 10.1 Å². The molecule has 6 heteroatoms. The van der Waals surface area contributed by atoms with Crippen molar-refractivity contribution in [1.82, 2.24) is 10.2 Å². The molecule has 1 N–H and O–H groups in total. The van der Waals surface area contributed by atoms with E-state index >= 15 is 0 Å². The van der Waals surface area contributed by atoms with Crippen molar-refractivity contribution >= 4 is 6.09 Å². The number of fused-ring (bicyclic) bond motifs is 1. The fourth-order valence-corrected chi connectivity index (χ4v) is 2.49. The molecule has 6 nitrogen and oxygen atoms in total. The number of nitrogens with one attached hydrogen (secondary N) is 1. The standard InChI is InChI=1S/C15H20N2O4/c18-15(17-3-5-19-6-4-17)21-8-7-20-14-2-1-12-10-16-11-13(12)9-14/h1-2,9,16H,3-8,10-11H2. The van der Waals surface area contributed by atoms with Crippen LogP contribution in [0.4, 0.5) is 4.79 Å². The molecular weight excluding hydrogens is 272 g/mol. The maximum absolute atomic E-state index is 11.7. The second-order valence-corrected chi connectivity index (χ2v) is 5.10. The molecule has 0 aliphatic carbocycles. The van der Waals surface area contributed by atoms with Crippen LogP contribution >= 0.6 is 0 Å². The predicted molar refractivity (Wildman–Crippen MR) is 76.2 cm³/mol. The number of hydrogen-bond acceptors (Lipinski definition) is 5. The first-order valence-electron chi connectivity index (χ1n) is 7.28. The van der Waals surface area contributed by atoms with E-state index in [2.05, 4.69) is 11.4 Å². The van der Waals surface area contributed by atoms with Crippen LogP contribution in [0.25, 0.3) is 0 Å². The van der Waals surface area contributed by atoms with Gasteiger partial charge in [-0.15, -0.1) is 0 Å². The maximum atomic E-state index is 11.7. The average molecular weight is 292 g/mol. The Bertz CT molecular complexity index is 500. The van der Waals surface area contributed by atoms with Gasteiger partial charge in [0.25, 0.3) is 0 Å². The van der Waals surface area contributed by atoms with E-state index in [4.69, 9.17) is 14.2 Å². The van der Waals surface area contributed by atoms with Gasteiger partial charge in [-0.1, -0.05) is 6.07 Å². The molecule has 0 bridgehead atoms. The van der Waals surface area contributed by atoms with Gasteiger partial charge in [-0.25, -0.2) is 4.79 Å². The third-order valence-electron chi connectivity index (χ3n) is 3.66. The summed E-state index contributed by atoms with van der Waals surface area (Å²) in [5.74, 6) is 0.819. The van der Waals surface area contributed by atoms with Gasteiger partial charge < -0.3 is 24.4 Å². The molecule has 2 heterocycles. The minimum absolute atomic E-state index is 0.255. The number of benzene rings is 1. The van der Waals surface area contributed by atoms with Crippen LogP contribution in [0, 0.1) is 0 Å². The van der Waals surface area contributed by atoms with E-state index in [0.717, 1.165) is 18.8 Å². The topological polar surface area (TPSA) is 60.0 Å². The van der Waals surface area contributed by atoms with Gasteiger partial charge in [0.2, 0.25) is 0 Å². The predicted octanol–water partition coefficient (Wildman–Crippen LogP) is 1.14. The molecule has 1 aromatic rings. The number of nitrogens with zero attached hydrogens (tertiary/aromatic N) is 1. The second-order valence-electron chi connectivity index (χ2n) is 5.10. The van der Waals surface area contributed by atoms with E-state index in [1.54, 1.807) is 4.90 Å². The summed E-state index contributed by atoms with van der Waals surface area (Å²) in [7, 11) is 0. The second kappa shape index (κ2) is 6.78. The number of ether oxygens (including phenoxy) is 3. The van der Waals surface area contributed by atoms with Gasteiger partial charge >= 0.3 is 6.09 Å². The molecule has 0 atom stereocenters. The molecule has 2 aliphatic heterocycles. The van der Waals surface area contributed by atoms with E-state index in [1.165, 1.54) is 11.1 Å². The van der Waals surface area contributed by atoms with Gasteiger partial charge in [-0.2, -0.15) is 0 Å². The average Bonchev–Trinajstić information content (AvgIpc) is 3.00. The summed E-state index contributed by atoms with van der Waals surface area (Å²) in [5, 5.41) is 3.29. The molecule has 1 fully saturated rings. The number of morpholine rings is 1. The molecule has 21 heavy (non-hydrogen) atoms. The van der Waals surface area contributed by atoms with E-state index in [0.29, 0.717) is 32.9 Å². The number of carbonyl (C=O) groups is 1. The van der Waals surface area contributed by atoms with Gasteiger partial charge in [-0.05, 0) is 23.3 Å². The molecule has 0 spiro atoms. The molecule has 0 saturated carbocycles. The van der Waals surface area contributed by atoms with Crippen LogP contribution in [0.3, 0.4) is 0 Å². The van der Waals surface area contributed by atoms with E-state index < -0.39 is 0 Å². The van der Waals surface area contributed by atoms with Crippen LogP contribution in [0.5, 0.6) is 5.75 Å². The first kappa shape index (κ1) is 14.2. The zero-order chi connectivity index (χ0) is 14.5. The van der Waals surface area contributed by atoms with Crippen LogP contribution in [0.1, 0.15) is 11.1 Å². The van der Waals surface area contributed by atoms with Gasteiger partial charge in [0.05, 0.1) is 13.2 Å². The van der Waals surface area contributed by atoms with Crippen molar-refractivity contribution < 1.29 is 19.0 Å². The lowest BCUT2D eigenvalue weighted by molar-refractivity contribution is 0.0239.